The van der Waals surface area contributed by atoms with E-state index in [1.54, 1.807) is 19.1 Å². The van der Waals surface area contributed by atoms with Gasteiger partial charge in [-0.1, -0.05) is 59.8 Å². The lowest BCUT2D eigenvalue weighted by Crippen LogP contribution is -2.58. The average molecular weight is 549 g/mol. The molecule has 1 aliphatic heterocycles. The van der Waals surface area contributed by atoms with Crippen molar-refractivity contribution in [3.63, 3.8) is 0 Å². The number of carbonyl (C=O) groups is 2. The summed E-state index contributed by atoms with van der Waals surface area (Å²) in [5.74, 6) is 0.579. The van der Waals surface area contributed by atoms with Crippen LogP contribution in [0.3, 0.4) is 0 Å². The molecule has 0 fully saturated rings. The number of nitrogens with zero attached hydrogens (tertiary/aromatic N) is 1. The van der Waals surface area contributed by atoms with E-state index in [0.29, 0.717) is 18.0 Å². The van der Waals surface area contributed by atoms with E-state index in [-0.39, 0.29) is 18.4 Å². The summed E-state index contributed by atoms with van der Waals surface area (Å²) in [6.07, 6.45) is 1.79. The lowest BCUT2D eigenvalue weighted by molar-refractivity contribution is -0.147. The third-order valence-electron chi connectivity index (χ3n) is 7.12. The van der Waals surface area contributed by atoms with Crippen molar-refractivity contribution in [2.45, 2.75) is 41.9 Å². The number of esters is 1. The Kier molecular flexibility index (Phi) is 9.20. The van der Waals surface area contributed by atoms with Gasteiger partial charge in [0.05, 0.1) is 27.0 Å². The lowest BCUT2D eigenvalue weighted by Gasteiger charge is -2.41. The SMILES string of the molecule is CNC(CCc1ccc(OC)c(OC)c1)CN1C(=O)C(Cc2cccc(C)c2)(C(=O)OC)Sc2ccccc21. The van der Waals surface area contributed by atoms with Crippen LogP contribution in [-0.2, 0) is 27.2 Å². The molecule has 1 heterocycles. The summed E-state index contributed by atoms with van der Waals surface area (Å²) in [6, 6.07) is 21.6. The molecule has 3 aromatic rings. The van der Waals surface area contributed by atoms with Crippen molar-refractivity contribution in [1.29, 1.82) is 0 Å². The highest BCUT2D eigenvalue weighted by Crippen LogP contribution is 2.47. The van der Waals surface area contributed by atoms with E-state index >= 15 is 0 Å². The molecule has 0 aromatic heterocycles. The molecule has 206 valence electrons. The number of nitrogens with one attached hydrogen (secondary N) is 1. The van der Waals surface area contributed by atoms with Gasteiger partial charge in [-0.05, 0) is 62.2 Å². The van der Waals surface area contributed by atoms with Crippen molar-refractivity contribution in [1.82, 2.24) is 5.32 Å². The highest BCUT2D eigenvalue weighted by molar-refractivity contribution is 8.02. The molecule has 2 unspecified atom stereocenters. The van der Waals surface area contributed by atoms with Crippen molar-refractivity contribution < 1.29 is 23.8 Å². The number of aryl methyl sites for hydroxylation is 2. The Morgan fingerprint density at radius 3 is 2.44 bits per heavy atom. The zero-order valence-corrected chi connectivity index (χ0v) is 24.0. The first-order valence-electron chi connectivity index (χ1n) is 13.0. The predicted molar refractivity (Wildman–Crippen MR) is 155 cm³/mol. The quantitative estimate of drug-likeness (QED) is 0.272. The summed E-state index contributed by atoms with van der Waals surface area (Å²) in [7, 11) is 6.49. The van der Waals surface area contributed by atoms with Crippen LogP contribution in [0.5, 0.6) is 11.5 Å². The molecule has 1 amide bonds. The summed E-state index contributed by atoms with van der Waals surface area (Å²) in [5, 5.41) is 3.38. The van der Waals surface area contributed by atoms with Crippen molar-refractivity contribution in [2.24, 2.45) is 0 Å². The number of methoxy groups -OCH3 is 3. The number of ether oxygens (including phenoxy) is 3. The summed E-state index contributed by atoms with van der Waals surface area (Å²) in [5.41, 5.74) is 3.91. The Hall–Kier alpha value is -3.49. The maximum absolute atomic E-state index is 14.3. The first kappa shape index (κ1) is 28.5. The molecule has 0 saturated carbocycles. The molecule has 2 atom stereocenters. The maximum Gasteiger partial charge on any atom is 0.332 e. The van der Waals surface area contributed by atoms with Crippen LogP contribution in [-0.4, -0.2) is 57.6 Å². The Labute approximate surface area is 234 Å². The van der Waals surface area contributed by atoms with Crippen molar-refractivity contribution in [2.75, 3.05) is 39.8 Å². The number of carbonyl (C=O) groups excluding carboxylic acids is 2. The fraction of sp³-hybridized carbons (Fsp3) is 0.355. The third-order valence-corrected chi connectivity index (χ3v) is 8.52. The second-order valence-corrected chi connectivity index (χ2v) is 11.0. The number of likely N-dealkylation sites (N-methyl/N-ethyl adjacent to an activating group) is 1. The van der Waals surface area contributed by atoms with Gasteiger partial charge in [0.2, 0.25) is 4.75 Å². The largest absolute Gasteiger partial charge is 0.493 e. The molecule has 0 radical (unpaired) electrons. The molecule has 1 aliphatic rings. The topological polar surface area (TPSA) is 77.1 Å². The van der Waals surface area contributed by atoms with E-state index in [9.17, 15) is 9.59 Å². The minimum absolute atomic E-state index is 0.0208. The highest BCUT2D eigenvalue weighted by Gasteiger charge is 2.54. The van der Waals surface area contributed by atoms with Crippen LogP contribution in [0.25, 0.3) is 0 Å². The van der Waals surface area contributed by atoms with Gasteiger partial charge in [0.25, 0.3) is 5.91 Å². The molecular formula is C31H36N2O5S. The summed E-state index contributed by atoms with van der Waals surface area (Å²) in [4.78, 5) is 30.4. The second-order valence-electron chi connectivity index (χ2n) is 9.68. The summed E-state index contributed by atoms with van der Waals surface area (Å²) in [6.45, 7) is 2.41. The van der Waals surface area contributed by atoms with Crippen molar-refractivity contribution >= 4 is 29.3 Å². The van der Waals surface area contributed by atoms with Gasteiger partial charge in [0, 0.05) is 23.9 Å². The van der Waals surface area contributed by atoms with Crippen LogP contribution in [0.1, 0.15) is 23.1 Å². The van der Waals surface area contributed by atoms with Crippen LogP contribution in [0.15, 0.2) is 71.6 Å². The molecule has 8 heteroatoms. The van der Waals surface area contributed by atoms with Gasteiger partial charge in [0.15, 0.2) is 11.5 Å². The van der Waals surface area contributed by atoms with Gasteiger partial charge in [-0.25, -0.2) is 4.79 Å². The molecule has 1 N–H and O–H groups in total. The normalized spacial score (nSPS) is 17.4. The summed E-state index contributed by atoms with van der Waals surface area (Å²) >= 11 is 1.29. The predicted octanol–water partition coefficient (Wildman–Crippen LogP) is 4.83. The minimum Gasteiger partial charge on any atom is -0.493 e. The first-order valence-corrected chi connectivity index (χ1v) is 13.8. The van der Waals surface area contributed by atoms with Gasteiger partial charge in [-0.3, -0.25) is 4.79 Å². The zero-order chi connectivity index (χ0) is 28.0. The molecule has 39 heavy (non-hydrogen) atoms. The number of fused-ring (bicyclic) bond motifs is 1. The number of hydrogen-bond acceptors (Lipinski definition) is 7. The van der Waals surface area contributed by atoms with E-state index in [4.69, 9.17) is 14.2 Å². The number of rotatable bonds is 11. The zero-order valence-electron chi connectivity index (χ0n) is 23.2. The molecule has 7 nitrogen and oxygen atoms in total. The molecule has 0 bridgehead atoms. The number of para-hydroxylation sites is 1. The molecule has 0 spiro atoms. The van der Waals surface area contributed by atoms with Gasteiger partial charge in [-0.2, -0.15) is 0 Å². The van der Waals surface area contributed by atoms with Crippen molar-refractivity contribution in [3.8, 4) is 11.5 Å². The fourth-order valence-electron chi connectivity index (χ4n) is 5.02. The Balaban J connectivity index is 1.63. The van der Waals surface area contributed by atoms with E-state index in [2.05, 4.69) is 5.32 Å². The molecule has 3 aromatic carbocycles. The average Bonchev–Trinajstić information content (AvgIpc) is 2.96. The first-order chi connectivity index (χ1) is 18.8. The van der Waals surface area contributed by atoms with Crippen LogP contribution < -0.4 is 19.7 Å². The number of hydrogen-bond donors (Lipinski definition) is 1. The summed E-state index contributed by atoms with van der Waals surface area (Å²) < 4.78 is 14.7. The van der Waals surface area contributed by atoms with E-state index in [0.717, 1.165) is 40.1 Å². The van der Waals surface area contributed by atoms with Gasteiger partial charge >= 0.3 is 5.97 Å². The molecule has 0 aliphatic carbocycles. The fourth-order valence-corrected chi connectivity index (χ4v) is 6.43. The number of benzene rings is 3. The minimum atomic E-state index is -1.42. The monoisotopic (exact) mass is 548 g/mol. The maximum atomic E-state index is 14.3. The van der Waals surface area contributed by atoms with Crippen LogP contribution >= 0.6 is 11.8 Å². The van der Waals surface area contributed by atoms with Gasteiger partial charge < -0.3 is 24.4 Å². The second kappa shape index (κ2) is 12.6. The van der Waals surface area contributed by atoms with Crippen LogP contribution in [0, 0.1) is 6.92 Å². The van der Waals surface area contributed by atoms with E-state index in [1.807, 2.05) is 80.7 Å². The molecule has 0 saturated heterocycles. The van der Waals surface area contributed by atoms with Crippen molar-refractivity contribution in [3.05, 3.63) is 83.4 Å². The highest BCUT2D eigenvalue weighted by atomic mass is 32.2. The van der Waals surface area contributed by atoms with E-state index in [1.165, 1.54) is 18.9 Å². The lowest BCUT2D eigenvalue weighted by atomic mass is 9.94. The molecular weight excluding hydrogens is 512 g/mol. The van der Waals surface area contributed by atoms with E-state index < -0.39 is 10.7 Å². The Morgan fingerprint density at radius 1 is 0.974 bits per heavy atom. The molecule has 4 rings (SSSR count). The Bertz CT molecular complexity index is 1330. The number of amides is 1. The van der Waals surface area contributed by atoms with Crippen LogP contribution in [0.2, 0.25) is 0 Å². The van der Waals surface area contributed by atoms with Crippen LogP contribution in [0.4, 0.5) is 5.69 Å². The Morgan fingerprint density at radius 2 is 1.74 bits per heavy atom. The third kappa shape index (κ3) is 6.07. The van der Waals surface area contributed by atoms with Gasteiger partial charge in [-0.15, -0.1) is 0 Å². The number of thioether (sulfide) groups is 1. The standard InChI is InChI=1S/C31H36N2O5S/c1-21-9-8-10-23(17-21)19-31(30(35)38-5)29(34)33(25-11-6-7-12-28(25)39-31)20-24(32-2)15-13-22-14-16-26(36-3)27(18-22)37-4/h6-12,14,16-18,24,32H,13,15,19-20H2,1-5H3. The van der Waals surface area contributed by atoms with Gasteiger partial charge in [0.1, 0.15) is 0 Å². The number of anilines is 1. The smallest absolute Gasteiger partial charge is 0.332 e.